The first-order valence-electron chi connectivity index (χ1n) is 8.50. The predicted molar refractivity (Wildman–Crippen MR) is 110 cm³/mol. The molecule has 0 bridgehead atoms. The topological polar surface area (TPSA) is 85.3 Å². The lowest BCUT2D eigenvalue weighted by molar-refractivity contribution is 0.494. The predicted octanol–water partition coefficient (Wildman–Crippen LogP) is 4.00. The molecule has 0 amide bonds. The number of primary sulfonamides is 1. The number of rotatable bonds is 7. The third-order valence-corrected chi connectivity index (χ3v) is 6.06. The zero-order chi connectivity index (χ0) is 19.4. The van der Waals surface area contributed by atoms with Gasteiger partial charge in [-0.05, 0) is 67.4 Å². The van der Waals surface area contributed by atoms with Gasteiger partial charge >= 0.3 is 0 Å². The highest BCUT2D eigenvalue weighted by atomic mass is 79.9. The molecule has 5 nitrogen and oxygen atoms in total. The summed E-state index contributed by atoms with van der Waals surface area (Å²) >= 11 is 3.51. The molecule has 7 heteroatoms. The van der Waals surface area contributed by atoms with Crippen molar-refractivity contribution < 1.29 is 12.8 Å². The monoisotopic (exact) mass is 448 g/mol. The van der Waals surface area contributed by atoms with Crippen LogP contribution in [0.5, 0.6) is 0 Å². The molecule has 0 aliphatic heterocycles. The Kier molecular flexibility index (Phi) is 6.16. The van der Waals surface area contributed by atoms with E-state index in [-0.39, 0.29) is 4.90 Å². The molecule has 0 aliphatic rings. The van der Waals surface area contributed by atoms with Gasteiger partial charge in [0.1, 0.15) is 11.5 Å². The average molecular weight is 449 g/mol. The van der Waals surface area contributed by atoms with Crippen LogP contribution in [-0.2, 0) is 23.0 Å². The third kappa shape index (κ3) is 5.29. The first-order valence-corrected chi connectivity index (χ1v) is 10.8. The minimum absolute atomic E-state index is 0.130. The highest BCUT2D eigenvalue weighted by Gasteiger charge is 2.08. The van der Waals surface area contributed by atoms with Crippen LogP contribution in [0.1, 0.15) is 16.9 Å². The second-order valence-corrected chi connectivity index (χ2v) is 8.76. The van der Waals surface area contributed by atoms with Crippen LogP contribution >= 0.6 is 15.9 Å². The zero-order valence-corrected chi connectivity index (χ0v) is 17.3. The van der Waals surface area contributed by atoms with Gasteiger partial charge in [-0.15, -0.1) is 0 Å². The molecule has 2 aromatic carbocycles. The second kappa shape index (κ2) is 8.39. The quantitative estimate of drug-likeness (QED) is 0.534. The van der Waals surface area contributed by atoms with Gasteiger partial charge < -0.3 is 9.73 Å². The van der Waals surface area contributed by atoms with E-state index in [1.54, 1.807) is 12.1 Å². The molecule has 1 aromatic heterocycles. The maximum atomic E-state index is 11.3. The number of benzene rings is 2. The summed E-state index contributed by atoms with van der Waals surface area (Å²) < 4.78 is 29.5. The standard InChI is InChI=1S/C20H21BrN2O3S/c1-14-12-16(4-8-19(14)21)20-9-5-17(26-20)13-23-11-10-15-2-6-18(7-3-15)27(22,24)25/h2-9,12,23H,10-11,13H2,1H3,(H2,22,24,25). The van der Waals surface area contributed by atoms with Crippen LogP contribution in [0.4, 0.5) is 0 Å². The van der Waals surface area contributed by atoms with E-state index in [4.69, 9.17) is 9.56 Å². The third-order valence-electron chi connectivity index (χ3n) is 4.25. The van der Waals surface area contributed by atoms with Crippen LogP contribution < -0.4 is 10.5 Å². The Morgan fingerprint density at radius 1 is 1.07 bits per heavy atom. The van der Waals surface area contributed by atoms with Crippen molar-refractivity contribution >= 4 is 26.0 Å². The van der Waals surface area contributed by atoms with Gasteiger partial charge in [-0.3, -0.25) is 0 Å². The zero-order valence-electron chi connectivity index (χ0n) is 14.9. The summed E-state index contributed by atoms with van der Waals surface area (Å²) in [5, 5.41) is 8.44. The van der Waals surface area contributed by atoms with Crippen LogP contribution in [0.25, 0.3) is 11.3 Å². The number of hydrogen-bond donors (Lipinski definition) is 2. The lowest BCUT2D eigenvalue weighted by Gasteiger charge is -2.05. The molecule has 3 N–H and O–H groups in total. The summed E-state index contributed by atoms with van der Waals surface area (Å²) in [6.07, 6.45) is 0.782. The van der Waals surface area contributed by atoms with Crippen molar-refractivity contribution in [2.75, 3.05) is 6.54 Å². The molecular formula is C20H21BrN2O3S. The minimum Gasteiger partial charge on any atom is -0.460 e. The van der Waals surface area contributed by atoms with Gasteiger partial charge in [-0.1, -0.05) is 34.1 Å². The van der Waals surface area contributed by atoms with Crippen LogP contribution in [0.2, 0.25) is 0 Å². The molecule has 0 aliphatic carbocycles. The summed E-state index contributed by atoms with van der Waals surface area (Å²) in [5.74, 6) is 1.72. The van der Waals surface area contributed by atoms with Crippen molar-refractivity contribution in [2.45, 2.75) is 24.8 Å². The molecule has 0 spiro atoms. The molecule has 3 aromatic rings. The van der Waals surface area contributed by atoms with Gasteiger partial charge in [0.05, 0.1) is 11.4 Å². The second-order valence-electron chi connectivity index (χ2n) is 6.35. The fourth-order valence-electron chi connectivity index (χ4n) is 2.72. The van der Waals surface area contributed by atoms with E-state index in [1.807, 2.05) is 24.3 Å². The maximum Gasteiger partial charge on any atom is 0.238 e. The highest BCUT2D eigenvalue weighted by Crippen LogP contribution is 2.26. The van der Waals surface area contributed by atoms with E-state index in [1.165, 1.54) is 12.1 Å². The van der Waals surface area contributed by atoms with Crippen LogP contribution in [-0.4, -0.2) is 15.0 Å². The number of halogens is 1. The van der Waals surface area contributed by atoms with Gasteiger partial charge in [0.25, 0.3) is 0 Å². The Morgan fingerprint density at radius 2 is 1.81 bits per heavy atom. The number of hydrogen-bond acceptors (Lipinski definition) is 4. The van der Waals surface area contributed by atoms with E-state index in [2.05, 4.69) is 34.2 Å². The first kappa shape index (κ1) is 19.8. The van der Waals surface area contributed by atoms with E-state index in [0.29, 0.717) is 6.54 Å². The molecule has 0 fully saturated rings. The van der Waals surface area contributed by atoms with Crippen LogP contribution in [0.15, 0.2) is 68.4 Å². The molecule has 0 atom stereocenters. The van der Waals surface area contributed by atoms with Gasteiger partial charge in [-0.2, -0.15) is 0 Å². The number of aryl methyl sites for hydroxylation is 1. The minimum atomic E-state index is -3.64. The van der Waals surface area contributed by atoms with E-state index in [0.717, 1.165) is 45.6 Å². The summed E-state index contributed by atoms with van der Waals surface area (Å²) in [6.45, 7) is 3.43. The molecule has 1 heterocycles. The van der Waals surface area contributed by atoms with Gasteiger partial charge in [0.15, 0.2) is 0 Å². The van der Waals surface area contributed by atoms with Gasteiger partial charge in [0, 0.05) is 10.0 Å². The Labute approximate surface area is 167 Å². The average Bonchev–Trinajstić information content (AvgIpc) is 3.10. The smallest absolute Gasteiger partial charge is 0.238 e. The molecule has 0 saturated heterocycles. The lowest BCUT2D eigenvalue weighted by Crippen LogP contribution is -2.16. The van der Waals surface area contributed by atoms with Crippen molar-refractivity contribution in [2.24, 2.45) is 5.14 Å². The van der Waals surface area contributed by atoms with Crippen molar-refractivity contribution in [3.05, 3.63) is 76.0 Å². The van der Waals surface area contributed by atoms with E-state index < -0.39 is 10.0 Å². The Bertz CT molecular complexity index is 1030. The normalized spacial score (nSPS) is 11.7. The number of nitrogens with two attached hydrogens (primary N) is 1. The molecule has 0 radical (unpaired) electrons. The lowest BCUT2D eigenvalue weighted by atomic mass is 10.1. The Balaban J connectivity index is 1.51. The molecule has 27 heavy (non-hydrogen) atoms. The molecular weight excluding hydrogens is 428 g/mol. The summed E-state index contributed by atoms with van der Waals surface area (Å²) in [7, 11) is -3.64. The first-order chi connectivity index (χ1) is 12.8. The van der Waals surface area contributed by atoms with Crippen molar-refractivity contribution in [3.63, 3.8) is 0 Å². The summed E-state index contributed by atoms with van der Waals surface area (Å²) in [6, 6.07) is 16.7. The largest absolute Gasteiger partial charge is 0.460 e. The molecule has 3 rings (SSSR count). The number of nitrogens with one attached hydrogen (secondary N) is 1. The maximum absolute atomic E-state index is 11.3. The number of furan rings is 1. The van der Waals surface area contributed by atoms with E-state index >= 15 is 0 Å². The highest BCUT2D eigenvalue weighted by molar-refractivity contribution is 9.10. The van der Waals surface area contributed by atoms with E-state index in [9.17, 15) is 8.42 Å². The van der Waals surface area contributed by atoms with Crippen molar-refractivity contribution in [1.82, 2.24) is 5.32 Å². The van der Waals surface area contributed by atoms with Crippen molar-refractivity contribution in [3.8, 4) is 11.3 Å². The fraction of sp³-hybridized carbons (Fsp3) is 0.200. The molecule has 0 saturated carbocycles. The van der Waals surface area contributed by atoms with Crippen LogP contribution in [0, 0.1) is 6.92 Å². The fourth-order valence-corrected chi connectivity index (χ4v) is 3.48. The molecule has 0 unspecified atom stereocenters. The molecule has 142 valence electrons. The van der Waals surface area contributed by atoms with Gasteiger partial charge in [0.2, 0.25) is 10.0 Å². The Hall–Kier alpha value is -1.93. The summed E-state index contributed by atoms with van der Waals surface area (Å²) in [4.78, 5) is 0.130. The van der Waals surface area contributed by atoms with Crippen LogP contribution in [0.3, 0.4) is 0 Å². The Morgan fingerprint density at radius 3 is 2.48 bits per heavy atom. The van der Waals surface area contributed by atoms with Gasteiger partial charge in [-0.25, -0.2) is 13.6 Å². The SMILES string of the molecule is Cc1cc(-c2ccc(CNCCc3ccc(S(N)(=O)=O)cc3)o2)ccc1Br. The van der Waals surface area contributed by atoms with Crippen molar-refractivity contribution in [1.29, 1.82) is 0 Å². The summed E-state index contributed by atoms with van der Waals surface area (Å²) in [5.41, 5.74) is 3.26. The number of sulfonamides is 1.